The molecule has 0 spiro atoms. The average molecular weight is 311 g/mol. The van der Waals surface area contributed by atoms with Crippen LogP contribution in [0, 0.1) is 17.6 Å². The molecule has 5 nitrogen and oxygen atoms in total. The first-order chi connectivity index (χ1) is 10.5. The lowest BCUT2D eigenvalue weighted by atomic mass is 10.1. The molecule has 1 saturated carbocycles. The Kier molecular flexibility index (Phi) is 3.82. The van der Waals surface area contributed by atoms with E-state index in [0.717, 1.165) is 12.1 Å². The van der Waals surface area contributed by atoms with Gasteiger partial charge in [-0.05, 0) is 18.6 Å². The molecule has 1 saturated heterocycles. The molecule has 1 N–H and O–H groups in total. The van der Waals surface area contributed by atoms with E-state index in [4.69, 9.17) is 9.84 Å². The molecule has 1 aliphatic carbocycles. The fourth-order valence-corrected chi connectivity index (χ4v) is 2.94. The van der Waals surface area contributed by atoms with Crippen molar-refractivity contribution in [3.05, 3.63) is 35.4 Å². The topological polar surface area (TPSA) is 66.8 Å². The fraction of sp³-hybridized carbons (Fsp3) is 0.467. The second-order valence-corrected chi connectivity index (χ2v) is 5.54. The second kappa shape index (κ2) is 5.64. The molecule has 0 aromatic heterocycles. The number of carboxylic acid groups (broad SMARTS) is 1. The van der Waals surface area contributed by atoms with Crippen LogP contribution in [0.4, 0.5) is 8.78 Å². The maximum atomic E-state index is 13.7. The first kappa shape index (κ1) is 14.9. The lowest BCUT2D eigenvalue weighted by Gasteiger charge is -2.33. The van der Waals surface area contributed by atoms with E-state index >= 15 is 0 Å². The maximum Gasteiger partial charge on any atom is 0.328 e. The van der Waals surface area contributed by atoms with Crippen molar-refractivity contribution < 1.29 is 28.2 Å². The summed E-state index contributed by atoms with van der Waals surface area (Å²) >= 11 is 0. The van der Waals surface area contributed by atoms with Crippen molar-refractivity contribution in [2.45, 2.75) is 18.4 Å². The van der Waals surface area contributed by atoms with E-state index in [2.05, 4.69) is 0 Å². The Hall–Kier alpha value is -2.02. The molecule has 1 heterocycles. The van der Waals surface area contributed by atoms with Crippen LogP contribution in [0.1, 0.15) is 17.9 Å². The molecular formula is C15H15F2NO4. The van der Waals surface area contributed by atoms with Crippen molar-refractivity contribution in [1.82, 2.24) is 4.90 Å². The summed E-state index contributed by atoms with van der Waals surface area (Å²) in [5, 5.41) is 9.14. The molecule has 0 radical (unpaired) electrons. The number of hydrogen-bond donors (Lipinski definition) is 1. The lowest BCUT2D eigenvalue weighted by molar-refractivity contribution is -0.158. The quantitative estimate of drug-likeness (QED) is 0.916. The summed E-state index contributed by atoms with van der Waals surface area (Å²) < 4.78 is 32.6. The third-order valence-corrected chi connectivity index (χ3v) is 4.17. The smallest absolute Gasteiger partial charge is 0.328 e. The molecule has 1 aliphatic heterocycles. The number of aliphatic carboxylic acids is 1. The number of ether oxygens (including phenoxy) is 1. The average Bonchev–Trinajstić information content (AvgIpc) is 3.26. The largest absolute Gasteiger partial charge is 0.480 e. The van der Waals surface area contributed by atoms with Crippen LogP contribution in [0.15, 0.2) is 18.2 Å². The first-order valence-corrected chi connectivity index (χ1v) is 7.05. The minimum Gasteiger partial charge on any atom is -0.480 e. The third-order valence-electron chi connectivity index (χ3n) is 4.17. The fourth-order valence-electron chi connectivity index (χ4n) is 2.94. The van der Waals surface area contributed by atoms with Crippen LogP contribution in [-0.2, 0) is 14.3 Å². The Bertz CT molecular complexity index is 601. The van der Waals surface area contributed by atoms with E-state index in [9.17, 15) is 18.4 Å². The number of rotatable bonds is 3. The van der Waals surface area contributed by atoms with E-state index in [1.165, 1.54) is 11.0 Å². The van der Waals surface area contributed by atoms with Crippen molar-refractivity contribution in [1.29, 1.82) is 0 Å². The van der Waals surface area contributed by atoms with Gasteiger partial charge >= 0.3 is 5.97 Å². The van der Waals surface area contributed by atoms with Gasteiger partial charge in [0.25, 0.3) is 0 Å². The van der Waals surface area contributed by atoms with Crippen LogP contribution in [-0.4, -0.2) is 47.7 Å². The summed E-state index contributed by atoms with van der Waals surface area (Å²) in [5.74, 6) is -3.93. The molecule has 2 aliphatic rings. The van der Waals surface area contributed by atoms with Gasteiger partial charge in [-0.1, -0.05) is 6.07 Å². The summed E-state index contributed by atoms with van der Waals surface area (Å²) in [7, 11) is 0. The predicted molar refractivity (Wildman–Crippen MR) is 71.2 cm³/mol. The number of benzene rings is 1. The van der Waals surface area contributed by atoms with Gasteiger partial charge in [-0.15, -0.1) is 0 Å². The Morgan fingerprint density at radius 3 is 2.59 bits per heavy atom. The van der Waals surface area contributed by atoms with Crippen LogP contribution in [0.25, 0.3) is 0 Å². The molecule has 3 unspecified atom stereocenters. The van der Waals surface area contributed by atoms with Gasteiger partial charge in [-0.2, -0.15) is 0 Å². The van der Waals surface area contributed by atoms with Gasteiger partial charge in [-0.25, -0.2) is 13.6 Å². The summed E-state index contributed by atoms with van der Waals surface area (Å²) in [6.07, 6.45) is 0.334. The highest BCUT2D eigenvalue weighted by Crippen LogP contribution is 2.50. The number of carbonyl (C=O) groups is 2. The highest BCUT2D eigenvalue weighted by atomic mass is 19.1. The number of amides is 1. The van der Waals surface area contributed by atoms with Gasteiger partial charge in [0.15, 0.2) is 6.04 Å². The maximum absolute atomic E-state index is 13.7. The van der Waals surface area contributed by atoms with Crippen molar-refractivity contribution in [3.8, 4) is 0 Å². The number of halogens is 2. The van der Waals surface area contributed by atoms with Crippen molar-refractivity contribution in [2.24, 2.45) is 5.92 Å². The van der Waals surface area contributed by atoms with Gasteiger partial charge in [0.1, 0.15) is 11.6 Å². The van der Waals surface area contributed by atoms with Gasteiger partial charge in [-0.3, -0.25) is 4.79 Å². The van der Waals surface area contributed by atoms with Crippen molar-refractivity contribution in [2.75, 3.05) is 19.8 Å². The minimum absolute atomic E-state index is 0.0630. The Labute approximate surface area is 125 Å². The van der Waals surface area contributed by atoms with Crippen LogP contribution in [0.3, 0.4) is 0 Å². The second-order valence-electron chi connectivity index (χ2n) is 5.54. The summed E-state index contributed by atoms with van der Waals surface area (Å²) in [6.45, 7) is 0.381. The SMILES string of the molecule is O=C(O)C1COCCN1C(=O)C1CC1c1c(F)cccc1F. The van der Waals surface area contributed by atoms with E-state index < -0.39 is 35.5 Å². The van der Waals surface area contributed by atoms with E-state index in [-0.39, 0.29) is 31.2 Å². The molecule has 0 bridgehead atoms. The molecule has 7 heteroatoms. The number of nitrogens with zero attached hydrogens (tertiary/aromatic N) is 1. The van der Waals surface area contributed by atoms with E-state index in [1.54, 1.807) is 0 Å². The van der Waals surface area contributed by atoms with Crippen molar-refractivity contribution >= 4 is 11.9 Å². The third kappa shape index (κ3) is 2.56. The summed E-state index contributed by atoms with van der Waals surface area (Å²) in [6, 6.07) is 2.56. The molecule has 3 rings (SSSR count). The van der Waals surface area contributed by atoms with Gasteiger partial charge in [0, 0.05) is 23.9 Å². The summed E-state index contributed by atoms with van der Waals surface area (Å²) in [4.78, 5) is 24.9. The zero-order chi connectivity index (χ0) is 15.9. The number of carbonyl (C=O) groups excluding carboxylic acids is 1. The van der Waals surface area contributed by atoms with Crippen LogP contribution >= 0.6 is 0 Å². The highest BCUT2D eigenvalue weighted by Gasteiger charge is 2.50. The van der Waals surface area contributed by atoms with Crippen molar-refractivity contribution in [3.63, 3.8) is 0 Å². The van der Waals surface area contributed by atoms with Gasteiger partial charge in [0.2, 0.25) is 5.91 Å². The molecular weight excluding hydrogens is 296 g/mol. The first-order valence-electron chi connectivity index (χ1n) is 7.05. The number of hydrogen-bond acceptors (Lipinski definition) is 3. The Morgan fingerprint density at radius 1 is 1.27 bits per heavy atom. The Balaban J connectivity index is 1.76. The molecule has 22 heavy (non-hydrogen) atoms. The highest BCUT2D eigenvalue weighted by molar-refractivity contribution is 5.88. The molecule has 1 aromatic rings. The van der Waals surface area contributed by atoms with E-state index in [0.29, 0.717) is 6.42 Å². The van der Waals surface area contributed by atoms with Crippen LogP contribution in [0.5, 0.6) is 0 Å². The normalized spacial score (nSPS) is 27.5. The van der Waals surface area contributed by atoms with Gasteiger partial charge < -0.3 is 14.7 Å². The molecule has 1 aromatic carbocycles. The molecule has 1 amide bonds. The monoisotopic (exact) mass is 311 g/mol. The zero-order valence-electron chi connectivity index (χ0n) is 11.7. The summed E-state index contributed by atoms with van der Waals surface area (Å²) in [5.41, 5.74) is -0.0824. The molecule has 2 fully saturated rings. The van der Waals surface area contributed by atoms with Gasteiger partial charge in [0.05, 0.1) is 13.2 Å². The minimum atomic E-state index is -1.14. The van der Waals surface area contributed by atoms with Crippen LogP contribution in [0.2, 0.25) is 0 Å². The number of morpholine rings is 1. The van der Waals surface area contributed by atoms with E-state index in [1.807, 2.05) is 0 Å². The molecule has 3 atom stereocenters. The number of carboxylic acids is 1. The lowest BCUT2D eigenvalue weighted by Crippen LogP contribution is -2.53. The zero-order valence-corrected chi connectivity index (χ0v) is 11.7. The predicted octanol–water partition coefficient (Wildman–Crippen LogP) is 1.38. The van der Waals surface area contributed by atoms with Crippen LogP contribution < -0.4 is 0 Å². The standard InChI is InChI=1S/C15H15F2NO4/c16-10-2-1-3-11(17)13(10)8-6-9(8)14(19)18-4-5-22-7-12(18)15(20)21/h1-3,8-9,12H,4-7H2,(H,20,21). The molecule has 118 valence electrons. The Morgan fingerprint density at radius 2 is 1.95 bits per heavy atom.